The van der Waals surface area contributed by atoms with E-state index in [1.165, 1.54) is 21.1 Å². The lowest BCUT2D eigenvalue weighted by Gasteiger charge is -1.98. The van der Waals surface area contributed by atoms with Crippen molar-refractivity contribution in [3.05, 3.63) is 58.1 Å². The first-order chi connectivity index (χ1) is 10.5. The number of nitrogens with zero attached hydrogens (tertiary/aromatic N) is 1. The summed E-state index contributed by atoms with van der Waals surface area (Å²) in [6.07, 6.45) is 0. The molecule has 2 aromatic heterocycles. The zero-order valence-corrected chi connectivity index (χ0v) is 12.7. The molecule has 4 nitrogen and oxygen atoms in total. The Morgan fingerprint density at radius 3 is 2.73 bits per heavy atom. The van der Waals surface area contributed by atoms with Crippen LogP contribution in [-0.4, -0.2) is 9.55 Å². The Bertz CT molecular complexity index is 1080. The van der Waals surface area contributed by atoms with E-state index in [2.05, 4.69) is 37.0 Å². The van der Waals surface area contributed by atoms with Gasteiger partial charge in [0.15, 0.2) is 5.58 Å². The fourth-order valence-corrected chi connectivity index (χ4v) is 3.06. The number of hydrogen-bond donors (Lipinski definition) is 1. The molecular formula is C18H16N2O2. The zero-order valence-electron chi connectivity index (χ0n) is 12.7. The Morgan fingerprint density at radius 2 is 1.91 bits per heavy atom. The first kappa shape index (κ1) is 13.0. The topological polar surface area (TPSA) is 50.9 Å². The largest absolute Gasteiger partial charge is 0.419 e. The molecule has 0 saturated carbocycles. The Morgan fingerprint density at radius 1 is 1.09 bits per heavy atom. The molecule has 0 saturated heterocycles. The minimum atomic E-state index is -0.338. The number of fused-ring (bicyclic) bond motifs is 2. The number of aryl methyl sites for hydroxylation is 3. The van der Waals surface area contributed by atoms with E-state index in [4.69, 9.17) is 4.42 Å². The smallest absolute Gasteiger partial charge is 0.408 e. The number of rotatable bonds is 1. The standard InChI is InChI=1S/C18H16N2O2/c1-10-6-11(2)13-9-14(19-15(13)7-10)12-4-5-16-17(8-12)22-18(21)20(16)3/h4-9,19H,1-3H3. The maximum absolute atomic E-state index is 11.6. The van der Waals surface area contributed by atoms with Crippen LogP contribution in [0.15, 0.2) is 45.6 Å². The number of benzene rings is 2. The quantitative estimate of drug-likeness (QED) is 0.578. The normalized spacial score (nSPS) is 11.6. The van der Waals surface area contributed by atoms with Gasteiger partial charge in [-0.25, -0.2) is 4.79 Å². The molecule has 22 heavy (non-hydrogen) atoms. The van der Waals surface area contributed by atoms with Crippen LogP contribution in [-0.2, 0) is 7.05 Å². The second-order valence-corrected chi connectivity index (χ2v) is 5.84. The van der Waals surface area contributed by atoms with Crippen molar-refractivity contribution >= 4 is 22.0 Å². The highest BCUT2D eigenvalue weighted by Crippen LogP contribution is 2.29. The predicted molar refractivity (Wildman–Crippen MR) is 88.2 cm³/mol. The molecule has 0 atom stereocenters. The van der Waals surface area contributed by atoms with E-state index < -0.39 is 0 Å². The van der Waals surface area contributed by atoms with Gasteiger partial charge in [0.1, 0.15) is 0 Å². The molecular weight excluding hydrogens is 276 g/mol. The van der Waals surface area contributed by atoms with E-state index in [-0.39, 0.29) is 5.76 Å². The number of nitrogens with one attached hydrogen (secondary N) is 1. The van der Waals surface area contributed by atoms with Gasteiger partial charge in [-0.05, 0) is 49.2 Å². The number of H-pyrrole nitrogens is 1. The zero-order chi connectivity index (χ0) is 15.4. The molecule has 0 amide bonds. The van der Waals surface area contributed by atoms with E-state index in [0.717, 1.165) is 22.3 Å². The van der Waals surface area contributed by atoms with Crippen LogP contribution in [0.3, 0.4) is 0 Å². The summed E-state index contributed by atoms with van der Waals surface area (Å²) >= 11 is 0. The highest BCUT2D eigenvalue weighted by Gasteiger charge is 2.10. The van der Waals surface area contributed by atoms with Crippen molar-refractivity contribution in [1.82, 2.24) is 9.55 Å². The van der Waals surface area contributed by atoms with Crippen LogP contribution < -0.4 is 5.76 Å². The monoisotopic (exact) mass is 292 g/mol. The van der Waals surface area contributed by atoms with Gasteiger partial charge in [0, 0.05) is 29.2 Å². The molecule has 110 valence electrons. The molecule has 2 aromatic carbocycles. The third-order valence-electron chi connectivity index (χ3n) is 4.19. The summed E-state index contributed by atoms with van der Waals surface area (Å²) in [5.41, 5.74) is 7.07. The number of aromatic amines is 1. The van der Waals surface area contributed by atoms with Gasteiger partial charge in [-0.15, -0.1) is 0 Å². The van der Waals surface area contributed by atoms with Gasteiger partial charge in [0.05, 0.1) is 5.52 Å². The summed E-state index contributed by atoms with van der Waals surface area (Å²) in [6.45, 7) is 4.21. The first-order valence-corrected chi connectivity index (χ1v) is 7.23. The molecule has 0 fully saturated rings. The fraction of sp³-hybridized carbons (Fsp3) is 0.167. The molecule has 1 N–H and O–H groups in total. The van der Waals surface area contributed by atoms with E-state index >= 15 is 0 Å². The van der Waals surface area contributed by atoms with Gasteiger partial charge in [-0.3, -0.25) is 4.57 Å². The number of hydrogen-bond acceptors (Lipinski definition) is 2. The molecule has 0 spiro atoms. The Balaban J connectivity index is 1.94. The maximum atomic E-state index is 11.6. The third kappa shape index (κ3) is 1.80. The Labute approximate surface area is 127 Å². The van der Waals surface area contributed by atoms with Gasteiger partial charge >= 0.3 is 5.76 Å². The average molecular weight is 292 g/mol. The van der Waals surface area contributed by atoms with Crippen LogP contribution in [0.4, 0.5) is 0 Å². The van der Waals surface area contributed by atoms with Crippen LogP contribution in [0, 0.1) is 13.8 Å². The van der Waals surface area contributed by atoms with Crippen LogP contribution in [0.1, 0.15) is 11.1 Å². The summed E-state index contributed by atoms with van der Waals surface area (Å²) in [4.78, 5) is 15.1. The molecule has 0 unspecified atom stereocenters. The number of aromatic nitrogens is 2. The van der Waals surface area contributed by atoms with Crippen molar-refractivity contribution in [1.29, 1.82) is 0 Å². The SMILES string of the molecule is Cc1cc(C)c2cc(-c3ccc4c(c3)oc(=O)n4C)[nH]c2c1. The van der Waals surface area contributed by atoms with Gasteiger partial charge in [-0.1, -0.05) is 12.1 Å². The lowest BCUT2D eigenvalue weighted by molar-refractivity contribution is 0.528. The van der Waals surface area contributed by atoms with E-state index in [0.29, 0.717) is 5.58 Å². The summed E-state index contributed by atoms with van der Waals surface area (Å²) in [7, 11) is 1.71. The van der Waals surface area contributed by atoms with Crippen molar-refractivity contribution in [2.24, 2.45) is 7.05 Å². The molecule has 4 heteroatoms. The molecule has 4 aromatic rings. The lowest BCUT2D eigenvalue weighted by atomic mass is 10.1. The van der Waals surface area contributed by atoms with Crippen LogP contribution in [0.2, 0.25) is 0 Å². The lowest BCUT2D eigenvalue weighted by Crippen LogP contribution is -2.08. The van der Waals surface area contributed by atoms with Crippen molar-refractivity contribution in [2.45, 2.75) is 13.8 Å². The van der Waals surface area contributed by atoms with Crippen molar-refractivity contribution in [3.8, 4) is 11.3 Å². The molecule has 0 aliphatic rings. The molecule has 4 rings (SSSR count). The van der Waals surface area contributed by atoms with Gasteiger partial charge in [0.25, 0.3) is 0 Å². The Kier molecular flexibility index (Phi) is 2.57. The molecule has 0 aliphatic heterocycles. The average Bonchev–Trinajstić information content (AvgIpc) is 3.01. The van der Waals surface area contributed by atoms with Crippen molar-refractivity contribution < 1.29 is 4.42 Å². The second kappa shape index (κ2) is 4.37. The molecule has 0 radical (unpaired) electrons. The van der Waals surface area contributed by atoms with Gasteiger partial charge < -0.3 is 9.40 Å². The number of oxazole rings is 1. The summed E-state index contributed by atoms with van der Waals surface area (Å²) in [5.74, 6) is -0.338. The summed E-state index contributed by atoms with van der Waals surface area (Å²) < 4.78 is 6.78. The van der Waals surface area contributed by atoms with Gasteiger partial charge in [0.2, 0.25) is 0 Å². The van der Waals surface area contributed by atoms with Crippen LogP contribution >= 0.6 is 0 Å². The third-order valence-corrected chi connectivity index (χ3v) is 4.19. The highest BCUT2D eigenvalue weighted by atomic mass is 16.4. The first-order valence-electron chi connectivity index (χ1n) is 7.23. The van der Waals surface area contributed by atoms with Crippen LogP contribution in [0.25, 0.3) is 33.3 Å². The van der Waals surface area contributed by atoms with Crippen molar-refractivity contribution in [2.75, 3.05) is 0 Å². The van der Waals surface area contributed by atoms with Crippen molar-refractivity contribution in [3.63, 3.8) is 0 Å². The van der Waals surface area contributed by atoms with Crippen LogP contribution in [0.5, 0.6) is 0 Å². The van der Waals surface area contributed by atoms with Gasteiger partial charge in [-0.2, -0.15) is 0 Å². The van der Waals surface area contributed by atoms with E-state index in [1.807, 2.05) is 18.2 Å². The minimum absolute atomic E-state index is 0.338. The molecule has 0 aliphatic carbocycles. The molecule has 2 heterocycles. The predicted octanol–water partition coefficient (Wildman–Crippen LogP) is 3.90. The summed E-state index contributed by atoms with van der Waals surface area (Å²) in [5, 5.41) is 1.22. The highest BCUT2D eigenvalue weighted by molar-refractivity contribution is 5.90. The molecule has 0 bridgehead atoms. The maximum Gasteiger partial charge on any atom is 0.419 e. The van der Waals surface area contributed by atoms with E-state index in [9.17, 15) is 4.79 Å². The fourth-order valence-electron chi connectivity index (χ4n) is 3.06. The van der Waals surface area contributed by atoms with E-state index in [1.54, 1.807) is 7.05 Å². The second-order valence-electron chi connectivity index (χ2n) is 5.84. The Hall–Kier alpha value is -2.75. The summed E-state index contributed by atoms with van der Waals surface area (Å²) in [6, 6.07) is 12.3. The minimum Gasteiger partial charge on any atom is -0.408 e.